The van der Waals surface area contributed by atoms with Gasteiger partial charge in [0.15, 0.2) is 0 Å². The molecule has 7 heteroatoms. The Morgan fingerprint density at radius 3 is 2.85 bits per heavy atom. The van der Waals surface area contributed by atoms with E-state index in [9.17, 15) is 9.59 Å². The lowest BCUT2D eigenvalue weighted by molar-refractivity contribution is -0.134. The van der Waals surface area contributed by atoms with Crippen molar-refractivity contribution >= 4 is 23.6 Å². The fraction of sp³-hybridized carbons (Fsp3) is 0.600. The van der Waals surface area contributed by atoms with Crippen LogP contribution in [0.5, 0.6) is 5.75 Å². The van der Waals surface area contributed by atoms with E-state index in [1.807, 2.05) is 19.1 Å². The van der Waals surface area contributed by atoms with Gasteiger partial charge in [-0.05, 0) is 55.0 Å². The quantitative estimate of drug-likeness (QED) is 0.627. The van der Waals surface area contributed by atoms with E-state index in [0.29, 0.717) is 19.6 Å². The SMILES string of the molecule is COc1ccc(CN2CCNC(=O)C2CC(=O)NCCCSC)c(C)c1C. The third-order valence-corrected chi connectivity index (χ3v) is 5.81. The highest BCUT2D eigenvalue weighted by Crippen LogP contribution is 2.25. The van der Waals surface area contributed by atoms with Gasteiger partial charge in [0.1, 0.15) is 5.75 Å². The lowest BCUT2D eigenvalue weighted by atomic mass is 10.00. The van der Waals surface area contributed by atoms with Crippen LogP contribution in [-0.2, 0) is 16.1 Å². The molecule has 1 fully saturated rings. The van der Waals surface area contributed by atoms with Crippen molar-refractivity contribution in [1.82, 2.24) is 15.5 Å². The van der Waals surface area contributed by atoms with Gasteiger partial charge in [0, 0.05) is 26.2 Å². The molecule has 1 heterocycles. The molecule has 1 saturated heterocycles. The summed E-state index contributed by atoms with van der Waals surface area (Å²) in [6.45, 7) is 6.77. The normalized spacial score (nSPS) is 17.5. The first-order valence-electron chi connectivity index (χ1n) is 9.38. The average molecular weight is 394 g/mol. The predicted octanol–water partition coefficient (Wildman–Crippen LogP) is 1.87. The van der Waals surface area contributed by atoms with E-state index < -0.39 is 6.04 Å². The highest BCUT2D eigenvalue weighted by molar-refractivity contribution is 7.98. The molecule has 1 atom stereocenters. The lowest BCUT2D eigenvalue weighted by Gasteiger charge is -2.35. The second kappa shape index (κ2) is 10.6. The van der Waals surface area contributed by atoms with E-state index in [-0.39, 0.29) is 18.2 Å². The summed E-state index contributed by atoms with van der Waals surface area (Å²) in [5, 5.41) is 5.82. The highest BCUT2D eigenvalue weighted by atomic mass is 32.2. The maximum absolute atomic E-state index is 12.4. The van der Waals surface area contributed by atoms with Gasteiger partial charge in [-0.25, -0.2) is 0 Å². The number of rotatable bonds is 9. The third-order valence-electron chi connectivity index (χ3n) is 5.11. The molecule has 1 aliphatic rings. The molecule has 0 aliphatic carbocycles. The van der Waals surface area contributed by atoms with Crippen LogP contribution in [0, 0.1) is 13.8 Å². The van der Waals surface area contributed by atoms with Crippen molar-refractivity contribution in [2.45, 2.75) is 39.3 Å². The summed E-state index contributed by atoms with van der Waals surface area (Å²) in [5.74, 6) is 1.76. The minimum atomic E-state index is -0.430. The number of carbonyl (C=O) groups is 2. The Balaban J connectivity index is 2.04. The van der Waals surface area contributed by atoms with Crippen molar-refractivity contribution in [2.75, 3.05) is 38.8 Å². The maximum Gasteiger partial charge on any atom is 0.237 e. The number of amides is 2. The Morgan fingerprint density at radius 2 is 2.15 bits per heavy atom. The van der Waals surface area contributed by atoms with Gasteiger partial charge in [-0.1, -0.05) is 6.07 Å². The largest absolute Gasteiger partial charge is 0.496 e. The number of piperazine rings is 1. The second-order valence-corrected chi connectivity index (χ2v) is 7.84. The molecular formula is C20H31N3O3S. The van der Waals surface area contributed by atoms with Gasteiger partial charge in [-0.15, -0.1) is 0 Å². The molecule has 0 radical (unpaired) electrons. The van der Waals surface area contributed by atoms with Crippen molar-refractivity contribution in [3.63, 3.8) is 0 Å². The molecule has 1 aliphatic heterocycles. The summed E-state index contributed by atoms with van der Waals surface area (Å²) >= 11 is 1.76. The molecule has 0 spiro atoms. The van der Waals surface area contributed by atoms with Crippen LogP contribution in [0.1, 0.15) is 29.5 Å². The lowest BCUT2D eigenvalue weighted by Crippen LogP contribution is -2.56. The van der Waals surface area contributed by atoms with Gasteiger partial charge in [-0.2, -0.15) is 11.8 Å². The van der Waals surface area contributed by atoms with E-state index in [1.165, 1.54) is 5.56 Å². The summed E-state index contributed by atoms with van der Waals surface area (Å²) in [6, 6.07) is 3.59. The van der Waals surface area contributed by atoms with Crippen LogP contribution in [0.25, 0.3) is 0 Å². The number of hydrogen-bond acceptors (Lipinski definition) is 5. The van der Waals surface area contributed by atoms with E-state index in [1.54, 1.807) is 18.9 Å². The van der Waals surface area contributed by atoms with Gasteiger partial charge in [0.25, 0.3) is 0 Å². The summed E-state index contributed by atoms with van der Waals surface area (Å²) in [5.41, 5.74) is 3.44. The van der Waals surface area contributed by atoms with E-state index in [4.69, 9.17) is 4.74 Å². The Bertz CT molecular complexity index is 666. The van der Waals surface area contributed by atoms with Crippen LogP contribution in [0.4, 0.5) is 0 Å². The average Bonchev–Trinajstić information content (AvgIpc) is 2.65. The summed E-state index contributed by atoms with van der Waals surface area (Å²) in [7, 11) is 1.67. The summed E-state index contributed by atoms with van der Waals surface area (Å²) < 4.78 is 5.38. The number of thioether (sulfide) groups is 1. The van der Waals surface area contributed by atoms with Gasteiger partial charge in [0.2, 0.25) is 11.8 Å². The van der Waals surface area contributed by atoms with Gasteiger partial charge in [0.05, 0.1) is 19.6 Å². The van der Waals surface area contributed by atoms with E-state index in [2.05, 4.69) is 28.7 Å². The smallest absolute Gasteiger partial charge is 0.237 e. The number of nitrogens with one attached hydrogen (secondary N) is 2. The first kappa shape index (κ1) is 21.6. The third kappa shape index (κ3) is 5.87. The molecule has 2 rings (SSSR count). The monoisotopic (exact) mass is 393 g/mol. The van der Waals surface area contributed by atoms with Crippen LogP contribution >= 0.6 is 11.8 Å². The molecule has 1 aromatic rings. The van der Waals surface area contributed by atoms with Crippen molar-refractivity contribution < 1.29 is 14.3 Å². The van der Waals surface area contributed by atoms with Crippen molar-refractivity contribution in [3.8, 4) is 5.75 Å². The minimum absolute atomic E-state index is 0.0641. The fourth-order valence-electron chi connectivity index (χ4n) is 3.33. The van der Waals surface area contributed by atoms with Crippen LogP contribution in [0.15, 0.2) is 12.1 Å². The number of ether oxygens (including phenoxy) is 1. The number of benzene rings is 1. The molecule has 1 aromatic carbocycles. The van der Waals surface area contributed by atoms with Crippen molar-refractivity contribution in [2.24, 2.45) is 0 Å². The maximum atomic E-state index is 12.4. The Labute approximate surface area is 166 Å². The molecule has 6 nitrogen and oxygen atoms in total. The Kier molecular flexibility index (Phi) is 8.44. The molecule has 0 aromatic heterocycles. The predicted molar refractivity (Wildman–Crippen MR) is 110 cm³/mol. The highest BCUT2D eigenvalue weighted by Gasteiger charge is 2.31. The fourth-order valence-corrected chi connectivity index (χ4v) is 3.76. The molecule has 150 valence electrons. The van der Waals surface area contributed by atoms with E-state index >= 15 is 0 Å². The zero-order chi connectivity index (χ0) is 19.8. The van der Waals surface area contributed by atoms with Gasteiger partial charge >= 0.3 is 0 Å². The van der Waals surface area contributed by atoms with Crippen LogP contribution in [0.3, 0.4) is 0 Å². The molecule has 0 bridgehead atoms. The number of methoxy groups -OCH3 is 1. The number of hydrogen-bond donors (Lipinski definition) is 2. The molecular weight excluding hydrogens is 362 g/mol. The van der Waals surface area contributed by atoms with Gasteiger partial charge in [-0.3, -0.25) is 14.5 Å². The zero-order valence-electron chi connectivity index (χ0n) is 16.8. The molecule has 0 saturated carbocycles. The summed E-state index contributed by atoms with van der Waals surface area (Å²) in [4.78, 5) is 26.8. The number of carbonyl (C=O) groups excluding carboxylic acids is 2. The van der Waals surface area contributed by atoms with Gasteiger partial charge < -0.3 is 15.4 Å². The molecule has 1 unspecified atom stereocenters. The topological polar surface area (TPSA) is 70.7 Å². The standard InChI is InChI=1S/C20H31N3O3S/c1-14-15(2)18(26-3)7-6-16(14)13-23-10-9-22-20(25)17(23)12-19(24)21-8-5-11-27-4/h6-7,17H,5,8-13H2,1-4H3,(H,21,24)(H,22,25). The minimum Gasteiger partial charge on any atom is -0.496 e. The van der Waals surface area contributed by atoms with Crippen LogP contribution in [0.2, 0.25) is 0 Å². The number of nitrogens with zero attached hydrogens (tertiary/aromatic N) is 1. The van der Waals surface area contributed by atoms with Crippen LogP contribution < -0.4 is 15.4 Å². The Morgan fingerprint density at radius 1 is 1.37 bits per heavy atom. The zero-order valence-corrected chi connectivity index (χ0v) is 17.6. The molecule has 2 amide bonds. The summed E-state index contributed by atoms with van der Waals surface area (Å²) in [6.07, 6.45) is 3.19. The van der Waals surface area contributed by atoms with Crippen LogP contribution in [-0.4, -0.2) is 61.5 Å². The van der Waals surface area contributed by atoms with Crippen molar-refractivity contribution in [1.29, 1.82) is 0 Å². The first-order valence-corrected chi connectivity index (χ1v) is 10.8. The Hall–Kier alpha value is -1.73. The molecule has 27 heavy (non-hydrogen) atoms. The van der Waals surface area contributed by atoms with Crippen molar-refractivity contribution in [3.05, 3.63) is 28.8 Å². The second-order valence-electron chi connectivity index (χ2n) is 6.85. The first-order chi connectivity index (χ1) is 13.0. The van der Waals surface area contributed by atoms with E-state index in [0.717, 1.165) is 35.6 Å². The molecule has 2 N–H and O–H groups in total.